The van der Waals surface area contributed by atoms with Crippen LogP contribution in [-0.2, 0) is 30.8 Å². The monoisotopic (exact) mass is 342 g/mol. The minimum absolute atomic E-state index is 0.0802. The molecule has 1 amide bonds. The first-order chi connectivity index (χ1) is 12.0. The Kier molecular flexibility index (Phi) is 4.48. The topological polar surface area (TPSA) is 96.9 Å². The molecule has 3 rings (SSSR count). The fraction of sp³-hybridized carbons (Fsp3) is 0.294. The van der Waals surface area contributed by atoms with Crippen molar-refractivity contribution in [1.29, 1.82) is 5.26 Å². The summed E-state index contributed by atoms with van der Waals surface area (Å²) in [6, 6.07) is 7.45. The molecule has 1 N–H and O–H groups in total. The molecule has 0 atom stereocenters. The number of carbonyl (C=O) groups is 1. The predicted octanol–water partition coefficient (Wildman–Crippen LogP) is 0.283. The van der Waals surface area contributed by atoms with Gasteiger partial charge in [-0.25, -0.2) is 13.8 Å². The van der Waals surface area contributed by atoms with E-state index in [1.807, 2.05) is 6.07 Å². The van der Waals surface area contributed by atoms with Crippen molar-refractivity contribution < 1.29 is 9.18 Å². The molecule has 1 aromatic heterocycles. The number of benzene rings is 1. The Hall–Kier alpha value is -3.21. The number of hydrogen-bond acceptors (Lipinski definition) is 4. The molecule has 0 spiro atoms. The van der Waals surface area contributed by atoms with E-state index >= 15 is 0 Å². The molecule has 0 saturated carbocycles. The maximum atomic E-state index is 12.9. The highest BCUT2D eigenvalue weighted by molar-refractivity contribution is 5.75. The van der Waals surface area contributed by atoms with Crippen molar-refractivity contribution >= 4 is 5.91 Å². The van der Waals surface area contributed by atoms with E-state index in [1.54, 1.807) is 0 Å². The maximum absolute atomic E-state index is 12.9. The summed E-state index contributed by atoms with van der Waals surface area (Å²) in [5, 5.41) is 11.8. The van der Waals surface area contributed by atoms with Crippen LogP contribution in [0.25, 0.3) is 0 Å². The second kappa shape index (κ2) is 6.73. The normalized spacial score (nSPS) is 12.5. The van der Waals surface area contributed by atoms with Gasteiger partial charge in [-0.3, -0.25) is 14.2 Å². The molecule has 0 saturated heterocycles. The van der Waals surface area contributed by atoms with Crippen molar-refractivity contribution in [3.05, 3.63) is 67.7 Å². The summed E-state index contributed by atoms with van der Waals surface area (Å²) in [4.78, 5) is 36.8. The van der Waals surface area contributed by atoms with Gasteiger partial charge in [-0.05, 0) is 30.5 Å². The number of carbonyl (C=O) groups excluding carboxylic acids is 1. The van der Waals surface area contributed by atoms with Gasteiger partial charge in [0.2, 0.25) is 5.91 Å². The van der Waals surface area contributed by atoms with Crippen molar-refractivity contribution in [2.24, 2.45) is 0 Å². The lowest BCUT2D eigenvalue weighted by Crippen LogP contribution is -2.45. The van der Waals surface area contributed by atoms with E-state index in [9.17, 15) is 24.0 Å². The number of nitrogens with one attached hydrogen (secondary N) is 1. The fourth-order valence-corrected chi connectivity index (χ4v) is 2.89. The summed E-state index contributed by atoms with van der Waals surface area (Å²) in [5.74, 6) is -0.914. The maximum Gasteiger partial charge on any atom is 0.331 e. The van der Waals surface area contributed by atoms with Crippen LogP contribution in [0.2, 0.25) is 0 Å². The molecular weight excluding hydrogens is 327 g/mol. The molecule has 1 aromatic carbocycles. The van der Waals surface area contributed by atoms with Crippen molar-refractivity contribution in [3.63, 3.8) is 0 Å². The fourth-order valence-electron chi connectivity index (χ4n) is 2.89. The molecule has 8 heteroatoms. The van der Waals surface area contributed by atoms with E-state index in [4.69, 9.17) is 0 Å². The highest BCUT2D eigenvalue weighted by Crippen LogP contribution is 2.13. The minimum atomic E-state index is -0.738. The van der Waals surface area contributed by atoms with Gasteiger partial charge in [-0.1, -0.05) is 12.1 Å². The molecule has 0 aliphatic carbocycles. The molecule has 7 nitrogen and oxygen atoms in total. The van der Waals surface area contributed by atoms with Gasteiger partial charge in [0, 0.05) is 18.8 Å². The van der Waals surface area contributed by atoms with Crippen LogP contribution in [0.15, 0.2) is 33.9 Å². The molecule has 0 bridgehead atoms. The number of fused-ring (bicyclic) bond motifs is 1. The van der Waals surface area contributed by atoms with Gasteiger partial charge < -0.3 is 5.32 Å². The Morgan fingerprint density at radius 2 is 2.00 bits per heavy atom. The molecule has 128 valence electrons. The van der Waals surface area contributed by atoms with Crippen LogP contribution >= 0.6 is 0 Å². The van der Waals surface area contributed by atoms with Crippen molar-refractivity contribution in [3.8, 4) is 6.07 Å². The van der Waals surface area contributed by atoms with Gasteiger partial charge in [-0.2, -0.15) is 5.26 Å². The van der Waals surface area contributed by atoms with E-state index < -0.39 is 23.7 Å². The summed E-state index contributed by atoms with van der Waals surface area (Å²) in [7, 11) is 0. The number of nitrogens with zero attached hydrogens (tertiary/aromatic N) is 3. The summed E-state index contributed by atoms with van der Waals surface area (Å²) in [6.07, 6.45) is 1.19. The number of rotatable bonds is 4. The Labute approximate surface area is 141 Å². The largest absolute Gasteiger partial charge is 0.350 e. The average Bonchev–Trinajstić information content (AvgIpc) is 3.08. The summed E-state index contributed by atoms with van der Waals surface area (Å²) < 4.78 is 15.0. The molecule has 0 unspecified atom stereocenters. The van der Waals surface area contributed by atoms with Crippen LogP contribution in [0.5, 0.6) is 0 Å². The number of halogens is 1. The lowest BCUT2D eigenvalue weighted by molar-refractivity contribution is -0.121. The lowest BCUT2D eigenvalue weighted by atomic mass is 10.2. The predicted molar refractivity (Wildman–Crippen MR) is 86.2 cm³/mol. The summed E-state index contributed by atoms with van der Waals surface area (Å²) in [6.45, 7) is 0.111. The summed E-state index contributed by atoms with van der Waals surface area (Å²) in [5.41, 5.74) is -0.264. The highest BCUT2D eigenvalue weighted by atomic mass is 19.1. The van der Waals surface area contributed by atoms with Gasteiger partial charge in [-0.15, -0.1) is 0 Å². The van der Waals surface area contributed by atoms with Crippen LogP contribution in [-0.4, -0.2) is 15.0 Å². The Bertz CT molecular complexity index is 983. The standard InChI is InChI=1S/C17H15FN4O3/c18-12-5-3-11(4-6-12)9-20-15(23)10-22-16(24)13(8-19)14-2-1-7-21(14)17(22)25/h3-6H,1-2,7,9-10H2,(H,20,23). The quantitative estimate of drug-likeness (QED) is 0.863. The van der Waals surface area contributed by atoms with Gasteiger partial charge in [0.15, 0.2) is 0 Å². The van der Waals surface area contributed by atoms with Crippen LogP contribution in [0.4, 0.5) is 4.39 Å². The van der Waals surface area contributed by atoms with Gasteiger partial charge >= 0.3 is 5.69 Å². The van der Waals surface area contributed by atoms with E-state index in [-0.39, 0.29) is 17.9 Å². The number of nitriles is 1. The van der Waals surface area contributed by atoms with Crippen molar-refractivity contribution in [1.82, 2.24) is 14.5 Å². The van der Waals surface area contributed by atoms with Crippen LogP contribution in [0, 0.1) is 17.1 Å². The molecule has 2 heterocycles. The highest BCUT2D eigenvalue weighted by Gasteiger charge is 2.23. The Morgan fingerprint density at radius 3 is 2.68 bits per heavy atom. The first-order valence-corrected chi connectivity index (χ1v) is 7.79. The van der Waals surface area contributed by atoms with Crippen molar-refractivity contribution in [2.75, 3.05) is 0 Å². The third-order valence-corrected chi connectivity index (χ3v) is 4.15. The summed E-state index contributed by atoms with van der Waals surface area (Å²) >= 11 is 0. The molecule has 1 aliphatic rings. The Morgan fingerprint density at radius 1 is 1.28 bits per heavy atom. The first-order valence-electron chi connectivity index (χ1n) is 7.79. The van der Waals surface area contributed by atoms with E-state index in [0.29, 0.717) is 30.6 Å². The third kappa shape index (κ3) is 3.21. The molecule has 2 aromatic rings. The smallest absolute Gasteiger partial charge is 0.331 e. The molecule has 25 heavy (non-hydrogen) atoms. The first kappa shape index (κ1) is 16.6. The van der Waals surface area contributed by atoms with Crippen molar-refractivity contribution in [2.45, 2.75) is 32.5 Å². The second-order valence-electron chi connectivity index (χ2n) is 5.77. The molecule has 1 aliphatic heterocycles. The minimum Gasteiger partial charge on any atom is -0.350 e. The Balaban J connectivity index is 1.80. The number of hydrogen-bond donors (Lipinski definition) is 1. The second-order valence-corrected chi connectivity index (χ2v) is 5.77. The van der Waals surface area contributed by atoms with Crippen LogP contribution in [0.3, 0.4) is 0 Å². The molecule has 0 radical (unpaired) electrons. The third-order valence-electron chi connectivity index (χ3n) is 4.15. The van der Waals surface area contributed by atoms with E-state index in [0.717, 1.165) is 4.57 Å². The van der Waals surface area contributed by atoms with Crippen LogP contribution < -0.4 is 16.6 Å². The number of aromatic nitrogens is 2. The van der Waals surface area contributed by atoms with Gasteiger partial charge in [0.25, 0.3) is 5.56 Å². The zero-order valence-electron chi connectivity index (χ0n) is 13.3. The zero-order chi connectivity index (χ0) is 18.0. The van der Waals surface area contributed by atoms with Gasteiger partial charge in [0.1, 0.15) is 24.0 Å². The van der Waals surface area contributed by atoms with Gasteiger partial charge in [0.05, 0.1) is 0 Å². The lowest BCUT2D eigenvalue weighted by Gasteiger charge is -2.11. The molecule has 0 fully saturated rings. The average molecular weight is 342 g/mol. The van der Waals surface area contributed by atoms with E-state index in [2.05, 4.69) is 5.32 Å². The zero-order valence-corrected chi connectivity index (χ0v) is 13.3. The molecular formula is C17H15FN4O3. The number of amides is 1. The van der Waals surface area contributed by atoms with E-state index in [1.165, 1.54) is 28.8 Å². The van der Waals surface area contributed by atoms with Crippen LogP contribution in [0.1, 0.15) is 23.2 Å². The SMILES string of the molecule is N#Cc1c2n(c(=O)n(CC(=O)NCc3ccc(F)cc3)c1=O)CCC2.